The van der Waals surface area contributed by atoms with Crippen molar-refractivity contribution in [2.24, 2.45) is 0 Å². The number of hydrogen-bond donors (Lipinski definition) is 2. The largest absolute Gasteiger partial charge is 0.483 e. The van der Waals surface area contributed by atoms with E-state index >= 15 is 0 Å². The van der Waals surface area contributed by atoms with Crippen LogP contribution in [0.2, 0.25) is 0 Å². The summed E-state index contributed by atoms with van der Waals surface area (Å²) in [6.07, 6.45) is 1.19. The number of rotatable bonds is 7. The van der Waals surface area contributed by atoms with Crippen molar-refractivity contribution in [1.82, 2.24) is 5.32 Å². The van der Waals surface area contributed by atoms with E-state index in [0.29, 0.717) is 25.4 Å². The molecule has 6 heteroatoms. The van der Waals surface area contributed by atoms with Crippen molar-refractivity contribution >= 4 is 11.9 Å². The minimum atomic E-state index is -1.28. The third kappa shape index (κ3) is 4.86. The van der Waals surface area contributed by atoms with Gasteiger partial charge in [0.25, 0.3) is 5.91 Å². The quantitative estimate of drug-likeness (QED) is 0.783. The molecule has 142 valence electrons. The molecule has 1 aliphatic rings. The molecule has 0 spiro atoms. The van der Waals surface area contributed by atoms with Gasteiger partial charge in [-0.05, 0) is 17.2 Å². The van der Waals surface area contributed by atoms with E-state index < -0.39 is 17.4 Å². The van der Waals surface area contributed by atoms with E-state index in [2.05, 4.69) is 5.32 Å². The molecule has 1 saturated heterocycles. The van der Waals surface area contributed by atoms with E-state index in [1.165, 1.54) is 0 Å². The summed E-state index contributed by atoms with van der Waals surface area (Å²) < 4.78 is 10.9. The average Bonchev–Trinajstić information content (AvgIpc) is 2.69. The molecule has 2 aromatic carbocycles. The number of aliphatic carboxylic acids is 1. The number of benzene rings is 2. The number of carbonyl (C=O) groups is 2. The number of para-hydroxylation sites is 1. The SMILES string of the molecule is O=C(COc1ccccc1Cc1ccccc1)NC1(C(=O)O)CCOCC1. The number of carboxylic acid groups (broad SMARTS) is 1. The van der Waals surface area contributed by atoms with Gasteiger partial charge < -0.3 is 19.9 Å². The molecule has 1 fully saturated rings. The summed E-state index contributed by atoms with van der Waals surface area (Å²) in [5.74, 6) is -0.870. The number of carboxylic acids is 1. The first-order valence-corrected chi connectivity index (χ1v) is 8.96. The Labute approximate surface area is 158 Å². The molecule has 1 heterocycles. The number of amides is 1. The second kappa shape index (κ2) is 8.68. The van der Waals surface area contributed by atoms with E-state index in [1.54, 1.807) is 0 Å². The molecule has 0 aliphatic carbocycles. The van der Waals surface area contributed by atoms with Gasteiger partial charge in [-0.1, -0.05) is 48.5 Å². The lowest BCUT2D eigenvalue weighted by atomic mass is 9.90. The lowest BCUT2D eigenvalue weighted by Gasteiger charge is -2.33. The maximum atomic E-state index is 12.3. The standard InChI is InChI=1S/C21H23NO5/c23-19(22-21(20(24)25)10-12-26-13-11-21)15-27-18-9-5-4-8-17(18)14-16-6-2-1-3-7-16/h1-9H,10-15H2,(H,22,23)(H,24,25). The predicted octanol–water partition coefficient (Wildman–Crippen LogP) is 2.41. The lowest BCUT2D eigenvalue weighted by molar-refractivity contribution is -0.152. The minimum Gasteiger partial charge on any atom is -0.483 e. The second-order valence-electron chi connectivity index (χ2n) is 6.61. The fourth-order valence-electron chi connectivity index (χ4n) is 3.16. The van der Waals surface area contributed by atoms with Crippen molar-refractivity contribution in [3.8, 4) is 5.75 Å². The number of carbonyl (C=O) groups excluding carboxylic acids is 1. The van der Waals surface area contributed by atoms with Crippen LogP contribution in [0.25, 0.3) is 0 Å². The molecule has 0 saturated carbocycles. The molecule has 2 aromatic rings. The van der Waals surface area contributed by atoms with Gasteiger partial charge in [-0.25, -0.2) is 4.79 Å². The normalized spacial score (nSPS) is 15.7. The van der Waals surface area contributed by atoms with Gasteiger partial charge in [-0.3, -0.25) is 4.79 Å². The van der Waals surface area contributed by atoms with Crippen LogP contribution in [0.4, 0.5) is 0 Å². The van der Waals surface area contributed by atoms with Crippen LogP contribution in [0.15, 0.2) is 54.6 Å². The van der Waals surface area contributed by atoms with Gasteiger partial charge in [0.2, 0.25) is 0 Å². The highest BCUT2D eigenvalue weighted by atomic mass is 16.5. The van der Waals surface area contributed by atoms with Gasteiger partial charge in [0, 0.05) is 32.5 Å². The highest BCUT2D eigenvalue weighted by Crippen LogP contribution is 2.23. The van der Waals surface area contributed by atoms with Crippen molar-refractivity contribution in [3.63, 3.8) is 0 Å². The molecule has 6 nitrogen and oxygen atoms in total. The number of nitrogens with one attached hydrogen (secondary N) is 1. The van der Waals surface area contributed by atoms with E-state index in [1.807, 2.05) is 54.6 Å². The molecular weight excluding hydrogens is 346 g/mol. The van der Waals surface area contributed by atoms with Crippen molar-refractivity contribution in [3.05, 3.63) is 65.7 Å². The van der Waals surface area contributed by atoms with Crippen molar-refractivity contribution < 1.29 is 24.2 Å². The zero-order valence-electron chi connectivity index (χ0n) is 15.0. The van der Waals surface area contributed by atoms with Crippen LogP contribution in [-0.2, 0) is 20.7 Å². The Bertz CT molecular complexity index is 784. The van der Waals surface area contributed by atoms with E-state index in [4.69, 9.17) is 9.47 Å². The Morgan fingerprint density at radius 2 is 1.70 bits per heavy atom. The maximum Gasteiger partial charge on any atom is 0.329 e. The highest BCUT2D eigenvalue weighted by molar-refractivity contribution is 5.87. The van der Waals surface area contributed by atoms with Crippen LogP contribution in [0.5, 0.6) is 5.75 Å². The Hall–Kier alpha value is -2.86. The van der Waals surface area contributed by atoms with Crippen LogP contribution in [0, 0.1) is 0 Å². The summed E-state index contributed by atoms with van der Waals surface area (Å²) in [6.45, 7) is 0.391. The first kappa shape index (κ1) is 18.9. The summed E-state index contributed by atoms with van der Waals surface area (Å²) in [5, 5.41) is 12.1. The van der Waals surface area contributed by atoms with Crippen molar-refractivity contribution in [1.29, 1.82) is 0 Å². The second-order valence-corrected chi connectivity index (χ2v) is 6.61. The monoisotopic (exact) mass is 369 g/mol. The molecule has 0 bridgehead atoms. The molecule has 0 aromatic heterocycles. The van der Waals surface area contributed by atoms with Crippen LogP contribution >= 0.6 is 0 Å². The van der Waals surface area contributed by atoms with E-state index in [-0.39, 0.29) is 19.4 Å². The fourth-order valence-corrected chi connectivity index (χ4v) is 3.16. The molecule has 1 amide bonds. The molecule has 3 rings (SSSR count). The van der Waals surface area contributed by atoms with Crippen molar-refractivity contribution in [2.45, 2.75) is 24.8 Å². The van der Waals surface area contributed by atoms with E-state index in [0.717, 1.165) is 11.1 Å². The molecule has 0 radical (unpaired) electrons. The van der Waals surface area contributed by atoms with Gasteiger partial charge in [0.15, 0.2) is 6.61 Å². The lowest BCUT2D eigenvalue weighted by Crippen LogP contribution is -2.58. The molecule has 2 N–H and O–H groups in total. The van der Waals surface area contributed by atoms with E-state index in [9.17, 15) is 14.7 Å². The van der Waals surface area contributed by atoms with Gasteiger partial charge in [0.05, 0.1) is 0 Å². The van der Waals surface area contributed by atoms with Gasteiger partial charge in [-0.15, -0.1) is 0 Å². The maximum absolute atomic E-state index is 12.3. The third-order valence-corrected chi connectivity index (χ3v) is 4.70. The zero-order chi connectivity index (χ0) is 19.1. The fraction of sp³-hybridized carbons (Fsp3) is 0.333. The Balaban J connectivity index is 1.63. The van der Waals surface area contributed by atoms with Gasteiger partial charge >= 0.3 is 5.97 Å². The molecule has 27 heavy (non-hydrogen) atoms. The summed E-state index contributed by atoms with van der Waals surface area (Å²) >= 11 is 0. The first-order valence-electron chi connectivity index (χ1n) is 8.96. The highest BCUT2D eigenvalue weighted by Gasteiger charge is 2.41. The Morgan fingerprint density at radius 1 is 1.04 bits per heavy atom. The zero-order valence-corrected chi connectivity index (χ0v) is 15.0. The Kier molecular flexibility index (Phi) is 6.08. The summed E-state index contributed by atoms with van der Waals surface area (Å²) in [4.78, 5) is 24.0. The van der Waals surface area contributed by atoms with Crippen LogP contribution in [-0.4, -0.2) is 42.3 Å². The van der Waals surface area contributed by atoms with Crippen LogP contribution < -0.4 is 10.1 Å². The predicted molar refractivity (Wildman–Crippen MR) is 99.7 cm³/mol. The average molecular weight is 369 g/mol. The molecule has 0 atom stereocenters. The van der Waals surface area contributed by atoms with Gasteiger partial charge in [0.1, 0.15) is 11.3 Å². The summed E-state index contributed by atoms with van der Waals surface area (Å²) in [6, 6.07) is 17.5. The number of hydrogen-bond acceptors (Lipinski definition) is 4. The van der Waals surface area contributed by atoms with Crippen LogP contribution in [0.1, 0.15) is 24.0 Å². The molecule has 0 unspecified atom stereocenters. The third-order valence-electron chi connectivity index (χ3n) is 4.70. The number of ether oxygens (including phenoxy) is 2. The first-order chi connectivity index (χ1) is 13.1. The summed E-state index contributed by atoms with van der Waals surface area (Å²) in [7, 11) is 0. The minimum absolute atomic E-state index is 0.234. The molecule has 1 aliphatic heterocycles. The van der Waals surface area contributed by atoms with Crippen molar-refractivity contribution in [2.75, 3.05) is 19.8 Å². The van der Waals surface area contributed by atoms with Crippen LogP contribution in [0.3, 0.4) is 0 Å². The van der Waals surface area contributed by atoms with Gasteiger partial charge in [-0.2, -0.15) is 0 Å². The summed E-state index contributed by atoms with van der Waals surface area (Å²) in [5.41, 5.74) is 0.836. The smallest absolute Gasteiger partial charge is 0.329 e. The Morgan fingerprint density at radius 3 is 2.41 bits per heavy atom. The topological polar surface area (TPSA) is 84.9 Å². The molecular formula is C21H23NO5.